The van der Waals surface area contributed by atoms with E-state index in [0.717, 1.165) is 16.9 Å². The summed E-state index contributed by atoms with van der Waals surface area (Å²) < 4.78 is 12.3. The molecule has 7 heteroatoms. The van der Waals surface area contributed by atoms with Crippen LogP contribution in [0.4, 0.5) is 0 Å². The Kier molecular flexibility index (Phi) is 4.18. The Hall–Kier alpha value is -3.48. The summed E-state index contributed by atoms with van der Waals surface area (Å²) in [6.07, 6.45) is 1.81. The minimum absolute atomic E-state index is 0.401. The van der Waals surface area contributed by atoms with Gasteiger partial charge in [-0.25, -0.2) is 4.68 Å². The van der Waals surface area contributed by atoms with Gasteiger partial charge in [0.25, 0.3) is 5.89 Å². The molecule has 0 aliphatic carbocycles. The van der Waals surface area contributed by atoms with Gasteiger partial charge in [0, 0.05) is 5.56 Å². The Labute approximate surface area is 150 Å². The van der Waals surface area contributed by atoms with E-state index >= 15 is 0 Å². The molecule has 130 valence electrons. The Morgan fingerprint density at radius 2 is 1.96 bits per heavy atom. The highest BCUT2D eigenvalue weighted by molar-refractivity contribution is 5.58. The van der Waals surface area contributed by atoms with Crippen molar-refractivity contribution in [2.45, 2.75) is 13.5 Å². The lowest BCUT2D eigenvalue weighted by Crippen LogP contribution is -2.00. The van der Waals surface area contributed by atoms with Crippen LogP contribution in [0.25, 0.3) is 23.0 Å². The topological polar surface area (TPSA) is 78.9 Å². The number of methoxy groups -OCH3 is 1. The lowest BCUT2D eigenvalue weighted by atomic mass is 10.1. The average Bonchev–Trinajstić information content (AvgIpc) is 3.33. The van der Waals surface area contributed by atoms with Gasteiger partial charge in [-0.15, -0.1) is 5.10 Å². The molecule has 0 aliphatic rings. The van der Waals surface area contributed by atoms with E-state index in [9.17, 15) is 0 Å². The number of aromatic nitrogens is 5. The summed E-state index contributed by atoms with van der Waals surface area (Å²) in [6.45, 7) is 2.70. The predicted molar refractivity (Wildman–Crippen MR) is 95.6 cm³/mol. The van der Waals surface area contributed by atoms with Gasteiger partial charge in [0.05, 0.1) is 19.9 Å². The third kappa shape index (κ3) is 3.32. The summed E-state index contributed by atoms with van der Waals surface area (Å²) in [5.74, 6) is 1.54. The maximum absolute atomic E-state index is 5.35. The molecule has 2 aromatic carbocycles. The molecule has 2 heterocycles. The summed E-state index contributed by atoms with van der Waals surface area (Å²) in [4.78, 5) is 4.41. The van der Waals surface area contributed by atoms with Gasteiger partial charge in [0.1, 0.15) is 5.75 Å². The van der Waals surface area contributed by atoms with E-state index in [1.807, 2.05) is 24.3 Å². The maximum Gasteiger partial charge on any atom is 0.258 e. The lowest BCUT2D eigenvalue weighted by Gasteiger charge is -2.00. The Balaban J connectivity index is 1.54. The van der Waals surface area contributed by atoms with Crippen molar-refractivity contribution >= 4 is 0 Å². The number of hydrogen-bond donors (Lipinski definition) is 0. The number of rotatable bonds is 5. The fourth-order valence-corrected chi connectivity index (χ4v) is 2.56. The van der Waals surface area contributed by atoms with Gasteiger partial charge < -0.3 is 9.26 Å². The minimum Gasteiger partial charge on any atom is -0.497 e. The highest BCUT2D eigenvalue weighted by Crippen LogP contribution is 2.24. The van der Waals surface area contributed by atoms with Gasteiger partial charge in [-0.3, -0.25) is 0 Å². The Morgan fingerprint density at radius 1 is 1.12 bits per heavy atom. The summed E-state index contributed by atoms with van der Waals surface area (Å²) in [6, 6.07) is 15.8. The van der Waals surface area contributed by atoms with Crippen LogP contribution in [0.1, 0.15) is 11.1 Å². The first-order valence-corrected chi connectivity index (χ1v) is 8.15. The van der Waals surface area contributed by atoms with Gasteiger partial charge in [-0.2, -0.15) is 4.98 Å². The monoisotopic (exact) mass is 347 g/mol. The van der Waals surface area contributed by atoms with Crippen molar-refractivity contribution < 1.29 is 9.26 Å². The molecule has 0 bridgehead atoms. The summed E-state index contributed by atoms with van der Waals surface area (Å²) in [5.41, 5.74) is 3.73. The molecule has 0 radical (unpaired) electrons. The normalized spacial score (nSPS) is 10.8. The second-order valence-electron chi connectivity index (χ2n) is 5.94. The van der Waals surface area contributed by atoms with Gasteiger partial charge >= 0.3 is 0 Å². The molecule has 0 saturated carbocycles. The van der Waals surface area contributed by atoms with Crippen LogP contribution in [0.15, 0.2) is 59.3 Å². The smallest absolute Gasteiger partial charge is 0.258 e. The van der Waals surface area contributed by atoms with E-state index in [2.05, 4.69) is 51.6 Å². The van der Waals surface area contributed by atoms with Crippen molar-refractivity contribution in [3.63, 3.8) is 0 Å². The van der Waals surface area contributed by atoms with Gasteiger partial charge in [0.2, 0.25) is 5.82 Å². The third-order valence-electron chi connectivity index (χ3n) is 3.98. The SMILES string of the molecule is COc1cccc(-c2nc(-c3cn(Cc4ccc(C)cc4)nn3)no2)c1. The zero-order valence-corrected chi connectivity index (χ0v) is 14.5. The van der Waals surface area contributed by atoms with Gasteiger partial charge in [0.15, 0.2) is 5.69 Å². The fourth-order valence-electron chi connectivity index (χ4n) is 2.56. The highest BCUT2D eigenvalue weighted by Gasteiger charge is 2.14. The van der Waals surface area contributed by atoms with Gasteiger partial charge in [-0.1, -0.05) is 46.3 Å². The molecule has 2 aromatic heterocycles. The van der Waals surface area contributed by atoms with E-state index in [1.165, 1.54) is 5.56 Å². The number of aryl methyl sites for hydroxylation is 1. The van der Waals surface area contributed by atoms with Crippen molar-refractivity contribution in [3.8, 4) is 28.7 Å². The number of nitrogens with zero attached hydrogens (tertiary/aromatic N) is 5. The molecule has 0 saturated heterocycles. The molecule has 4 rings (SSSR count). The van der Waals surface area contributed by atoms with Crippen LogP contribution in [-0.2, 0) is 6.54 Å². The summed E-state index contributed by atoms with van der Waals surface area (Å²) >= 11 is 0. The molecule has 26 heavy (non-hydrogen) atoms. The van der Waals surface area contributed by atoms with Crippen LogP contribution >= 0.6 is 0 Å². The standard InChI is InChI=1S/C19H17N5O2/c1-13-6-8-14(9-7-13)11-24-12-17(21-23-24)18-20-19(26-22-18)15-4-3-5-16(10-15)25-2/h3-10,12H,11H2,1-2H3. The molecule has 7 nitrogen and oxygen atoms in total. The minimum atomic E-state index is 0.401. The van der Waals surface area contributed by atoms with Crippen LogP contribution in [0.5, 0.6) is 5.75 Å². The number of ether oxygens (including phenoxy) is 1. The van der Waals surface area contributed by atoms with Gasteiger partial charge in [-0.05, 0) is 30.7 Å². The molecule has 0 spiro atoms. The van der Waals surface area contributed by atoms with Crippen LogP contribution in [-0.4, -0.2) is 32.2 Å². The van der Waals surface area contributed by atoms with Crippen molar-refractivity contribution in [2.75, 3.05) is 7.11 Å². The molecule has 0 fully saturated rings. The number of hydrogen-bond acceptors (Lipinski definition) is 6. The van der Waals surface area contributed by atoms with E-state index in [4.69, 9.17) is 9.26 Å². The Bertz CT molecular complexity index is 1020. The summed E-state index contributed by atoms with van der Waals surface area (Å²) in [5, 5.41) is 12.3. The van der Waals surface area contributed by atoms with Crippen molar-refractivity contribution in [1.82, 2.24) is 25.1 Å². The van der Waals surface area contributed by atoms with E-state index in [-0.39, 0.29) is 0 Å². The lowest BCUT2D eigenvalue weighted by molar-refractivity contribution is 0.413. The summed E-state index contributed by atoms with van der Waals surface area (Å²) in [7, 11) is 1.62. The zero-order chi connectivity index (χ0) is 17.9. The highest BCUT2D eigenvalue weighted by atomic mass is 16.5. The molecular weight excluding hydrogens is 330 g/mol. The average molecular weight is 347 g/mol. The van der Waals surface area contributed by atoms with E-state index < -0.39 is 0 Å². The van der Waals surface area contributed by atoms with Crippen LogP contribution < -0.4 is 4.74 Å². The molecule has 0 aliphatic heterocycles. The fraction of sp³-hybridized carbons (Fsp3) is 0.158. The molecule has 0 N–H and O–H groups in total. The van der Waals surface area contributed by atoms with E-state index in [0.29, 0.717) is 24.0 Å². The van der Waals surface area contributed by atoms with Crippen molar-refractivity contribution in [1.29, 1.82) is 0 Å². The molecule has 0 amide bonds. The molecule has 0 atom stereocenters. The third-order valence-corrected chi connectivity index (χ3v) is 3.98. The zero-order valence-electron chi connectivity index (χ0n) is 14.5. The maximum atomic E-state index is 5.35. The first-order valence-electron chi connectivity index (χ1n) is 8.15. The largest absolute Gasteiger partial charge is 0.497 e. The Morgan fingerprint density at radius 3 is 2.77 bits per heavy atom. The molecule has 0 unspecified atom stereocenters. The van der Waals surface area contributed by atoms with Crippen LogP contribution in [0.3, 0.4) is 0 Å². The quantitative estimate of drug-likeness (QED) is 0.551. The first-order chi connectivity index (χ1) is 12.7. The van der Waals surface area contributed by atoms with E-state index in [1.54, 1.807) is 18.0 Å². The van der Waals surface area contributed by atoms with Crippen molar-refractivity contribution in [3.05, 3.63) is 65.9 Å². The van der Waals surface area contributed by atoms with Crippen molar-refractivity contribution in [2.24, 2.45) is 0 Å². The second-order valence-corrected chi connectivity index (χ2v) is 5.94. The van der Waals surface area contributed by atoms with Crippen LogP contribution in [0.2, 0.25) is 0 Å². The molecular formula is C19H17N5O2. The first kappa shape index (κ1) is 16.0. The second kappa shape index (κ2) is 6.79. The predicted octanol–water partition coefficient (Wildman–Crippen LogP) is 3.36. The number of benzene rings is 2. The molecule has 4 aromatic rings. The van der Waals surface area contributed by atoms with Crippen LogP contribution in [0, 0.1) is 6.92 Å².